The Bertz CT molecular complexity index is 300. The van der Waals surface area contributed by atoms with E-state index in [1.54, 1.807) is 4.90 Å². The first kappa shape index (κ1) is 12.3. The highest BCUT2D eigenvalue weighted by Crippen LogP contribution is 2.18. The number of likely N-dealkylation sites (tertiary alicyclic amines) is 1. The van der Waals surface area contributed by atoms with Gasteiger partial charge in [0, 0.05) is 13.1 Å². The molecule has 0 saturated carbocycles. The molecule has 0 spiro atoms. The lowest BCUT2D eigenvalue weighted by Crippen LogP contribution is -2.49. The predicted octanol–water partition coefficient (Wildman–Crippen LogP) is -0.275. The van der Waals surface area contributed by atoms with E-state index in [2.05, 4.69) is 0 Å². The normalized spacial score (nSPS) is 30.0. The Morgan fingerprint density at radius 2 is 2.12 bits per heavy atom. The molecule has 0 aliphatic carbocycles. The zero-order chi connectivity index (χ0) is 12.3. The number of rotatable bonds is 2. The Balaban J connectivity index is 1.91. The quantitative estimate of drug-likeness (QED) is 0.722. The highest BCUT2D eigenvalue weighted by Gasteiger charge is 2.33. The summed E-state index contributed by atoms with van der Waals surface area (Å²) in [6.45, 7) is 2.11. The maximum atomic E-state index is 12.0. The van der Waals surface area contributed by atoms with Crippen molar-refractivity contribution in [3.8, 4) is 0 Å². The van der Waals surface area contributed by atoms with E-state index >= 15 is 0 Å². The first-order valence-electron chi connectivity index (χ1n) is 5.89. The molecule has 0 bridgehead atoms. The molecule has 6 heteroatoms. The fourth-order valence-corrected chi connectivity index (χ4v) is 2.21. The van der Waals surface area contributed by atoms with Gasteiger partial charge in [0.25, 0.3) is 5.91 Å². The van der Waals surface area contributed by atoms with Gasteiger partial charge in [0.15, 0.2) is 6.10 Å². The lowest BCUT2D eigenvalue weighted by molar-refractivity contribution is -0.161. The fourth-order valence-electron chi connectivity index (χ4n) is 2.21. The van der Waals surface area contributed by atoms with Crippen LogP contribution in [-0.2, 0) is 19.1 Å². The minimum Gasteiger partial charge on any atom is -0.481 e. The molecule has 1 N–H and O–H groups in total. The third-order valence-corrected chi connectivity index (χ3v) is 3.17. The van der Waals surface area contributed by atoms with E-state index in [0.717, 1.165) is 6.42 Å². The third kappa shape index (κ3) is 2.95. The Labute approximate surface area is 99.5 Å². The van der Waals surface area contributed by atoms with E-state index in [0.29, 0.717) is 26.2 Å². The maximum absolute atomic E-state index is 12.0. The SMILES string of the molecule is O=C(O)C1CCCN(C(=O)C2COCCO2)C1. The van der Waals surface area contributed by atoms with Crippen molar-refractivity contribution < 1.29 is 24.2 Å². The third-order valence-electron chi connectivity index (χ3n) is 3.17. The molecule has 2 rings (SSSR count). The summed E-state index contributed by atoms with van der Waals surface area (Å²) in [6.07, 6.45) is 0.813. The average molecular weight is 243 g/mol. The second-order valence-electron chi connectivity index (χ2n) is 4.40. The molecule has 0 radical (unpaired) electrons. The molecule has 2 heterocycles. The van der Waals surface area contributed by atoms with E-state index in [1.807, 2.05) is 0 Å². The second kappa shape index (κ2) is 5.46. The van der Waals surface area contributed by atoms with Gasteiger partial charge in [-0.15, -0.1) is 0 Å². The summed E-state index contributed by atoms with van der Waals surface area (Å²) in [6, 6.07) is 0. The van der Waals surface area contributed by atoms with Crippen molar-refractivity contribution in [2.45, 2.75) is 18.9 Å². The number of piperidine rings is 1. The van der Waals surface area contributed by atoms with Crippen molar-refractivity contribution in [2.24, 2.45) is 5.92 Å². The molecule has 17 heavy (non-hydrogen) atoms. The summed E-state index contributed by atoms with van der Waals surface area (Å²) in [5.41, 5.74) is 0. The van der Waals surface area contributed by atoms with Gasteiger partial charge in [0.2, 0.25) is 0 Å². The number of amides is 1. The van der Waals surface area contributed by atoms with E-state index in [9.17, 15) is 9.59 Å². The molecule has 2 aliphatic rings. The van der Waals surface area contributed by atoms with Crippen molar-refractivity contribution in [3.63, 3.8) is 0 Å². The van der Waals surface area contributed by atoms with Crippen LogP contribution in [0.4, 0.5) is 0 Å². The Hall–Kier alpha value is -1.14. The van der Waals surface area contributed by atoms with Gasteiger partial charge in [-0.1, -0.05) is 0 Å². The molecule has 2 fully saturated rings. The average Bonchev–Trinajstić information content (AvgIpc) is 2.39. The summed E-state index contributed by atoms with van der Waals surface area (Å²) in [7, 11) is 0. The number of ether oxygens (including phenoxy) is 2. The summed E-state index contributed by atoms with van der Waals surface area (Å²) in [4.78, 5) is 24.5. The van der Waals surface area contributed by atoms with Crippen LogP contribution in [-0.4, -0.2) is 60.9 Å². The number of nitrogens with zero attached hydrogens (tertiary/aromatic N) is 1. The van der Waals surface area contributed by atoms with Crippen LogP contribution in [0.1, 0.15) is 12.8 Å². The topological polar surface area (TPSA) is 76.1 Å². The van der Waals surface area contributed by atoms with Gasteiger partial charge in [-0.25, -0.2) is 0 Å². The van der Waals surface area contributed by atoms with Crippen LogP contribution < -0.4 is 0 Å². The molecule has 2 saturated heterocycles. The Morgan fingerprint density at radius 3 is 2.76 bits per heavy atom. The minimum absolute atomic E-state index is 0.143. The molecular formula is C11H17NO5. The van der Waals surface area contributed by atoms with E-state index in [1.165, 1.54) is 0 Å². The number of hydrogen-bond acceptors (Lipinski definition) is 4. The lowest BCUT2D eigenvalue weighted by atomic mass is 9.98. The van der Waals surface area contributed by atoms with Crippen LogP contribution in [0.15, 0.2) is 0 Å². The van der Waals surface area contributed by atoms with Crippen LogP contribution in [0.2, 0.25) is 0 Å². The summed E-state index contributed by atoms with van der Waals surface area (Å²) < 4.78 is 10.5. The monoisotopic (exact) mass is 243 g/mol. The van der Waals surface area contributed by atoms with Gasteiger partial charge in [-0.05, 0) is 12.8 Å². The molecule has 6 nitrogen and oxygen atoms in total. The standard InChI is InChI=1S/C11H17NO5/c13-10(9-7-16-4-5-17-9)12-3-1-2-8(6-12)11(14)15/h8-9H,1-7H2,(H,14,15). The van der Waals surface area contributed by atoms with Crippen molar-refractivity contribution in [2.75, 3.05) is 32.9 Å². The van der Waals surface area contributed by atoms with E-state index in [4.69, 9.17) is 14.6 Å². The molecule has 2 atom stereocenters. The van der Waals surface area contributed by atoms with Crippen molar-refractivity contribution >= 4 is 11.9 Å². The van der Waals surface area contributed by atoms with Crippen molar-refractivity contribution in [1.82, 2.24) is 4.90 Å². The molecular weight excluding hydrogens is 226 g/mol. The predicted molar refractivity (Wildman–Crippen MR) is 57.5 cm³/mol. The molecule has 2 aliphatic heterocycles. The summed E-state index contributed by atoms with van der Waals surface area (Å²) in [5, 5.41) is 8.95. The minimum atomic E-state index is -0.830. The van der Waals surface area contributed by atoms with Crippen molar-refractivity contribution in [3.05, 3.63) is 0 Å². The van der Waals surface area contributed by atoms with Gasteiger partial charge in [0.1, 0.15) is 0 Å². The van der Waals surface area contributed by atoms with Crippen molar-refractivity contribution in [1.29, 1.82) is 0 Å². The molecule has 1 amide bonds. The highest BCUT2D eigenvalue weighted by atomic mass is 16.6. The molecule has 2 unspecified atom stereocenters. The van der Waals surface area contributed by atoms with E-state index < -0.39 is 18.0 Å². The lowest BCUT2D eigenvalue weighted by Gasteiger charge is -2.34. The van der Waals surface area contributed by atoms with Gasteiger partial charge in [0.05, 0.1) is 25.7 Å². The molecule has 0 aromatic heterocycles. The zero-order valence-electron chi connectivity index (χ0n) is 9.63. The van der Waals surface area contributed by atoms with Crippen LogP contribution in [0.3, 0.4) is 0 Å². The van der Waals surface area contributed by atoms with Gasteiger partial charge >= 0.3 is 5.97 Å². The van der Waals surface area contributed by atoms with Gasteiger partial charge < -0.3 is 19.5 Å². The summed E-state index contributed by atoms with van der Waals surface area (Å²) >= 11 is 0. The van der Waals surface area contributed by atoms with Crippen LogP contribution in [0.25, 0.3) is 0 Å². The Kier molecular flexibility index (Phi) is 3.96. The first-order valence-corrected chi connectivity index (χ1v) is 5.89. The van der Waals surface area contributed by atoms with Crippen LogP contribution in [0.5, 0.6) is 0 Å². The number of carbonyl (C=O) groups excluding carboxylic acids is 1. The number of carboxylic acid groups (broad SMARTS) is 1. The molecule has 0 aromatic carbocycles. The fraction of sp³-hybridized carbons (Fsp3) is 0.818. The second-order valence-corrected chi connectivity index (χ2v) is 4.40. The van der Waals surface area contributed by atoms with Gasteiger partial charge in [-0.3, -0.25) is 9.59 Å². The maximum Gasteiger partial charge on any atom is 0.308 e. The highest BCUT2D eigenvalue weighted by molar-refractivity contribution is 5.82. The summed E-state index contributed by atoms with van der Waals surface area (Å²) in [5.74, 6) is -1.42. The number of aliphatic carboxylic acids is 1. The van der Waals surface area contributed by atoms with Gasteiger partial charge in [-0.2, -0.15) is 0 Å². The number of carboxylic acids is 1. The first-order chi connectivity index (χ1) is 8.18. The smallest absolute Gasteiger partial charge is 0.308 e. The molecule has 0 aromatic rings. The molecule has 96 valence electrons. The van der Waals surface area contributed by atoms with E-state index in [-0.39, 0.29) is 19.1 Å². The Morgan fingerprint density at radius 1 is 1.29 bits per heavy atom. The zero-order valence-corrected chi connectivity index (χ0v) is 9.63. The van der Waals surface area contributed by atoms with Crippen LogP contribution in [0, 0.1) is 5.92 Å². The largest absolute Gasteiger partial charge is 0.481 e. The number of hydrogen-bond donors (Lipinski definition) is 1. The van der Waals surface area contributed by atoms with Crippen LogP contribution >= 0.6 is 0 Å². The number of carbonyl (C=O) groups is 2.